The maximum Gasteiger partial charge on any atom is 0.00495 e. The van der Waals surface area contributed by atoms with Gasteiger partial charge in [-0.25, -0.2) is 0 Å². The molecule has 1 aromatic carbocycles. The zero-order valence-corrected chi connectivity index (χ0v) is 14.8. The molecule has 0 radical (unpaired) electrons. The van der Waals surface area contributed by atoms with Gasteiger partial charge in [-0.2, -0.15) is 0 Å². The first-order valence-electron chi connectivity index (χ1n) is 8.51. The Hall–Kier alpha value is -1.56. The Bertz CT molecular complexity index is 584. The van der Waals surface area contributed by atoms with Crippen molar-refractivity contribution in [3.05, 3.63) is 65.8 Å². The molecule has 0 aromatic heterocycles. The van der Waals surface area contributed by atoms with Gasteiger partial charge in [0.25, 0.3) is 0 Å². The Labute approximate surface area is 136 Å². The van der Waals surface area contributed by atoms with Crippen molar-refractivity contribution in [1.29, 1.82) is 0 Å². The van der Waals surface area contributed by atoms with E-state index in [1.54, 1.807) is 0 Å². The molecule has 0 fully saturated rings. The van der Waals surface area contributed by atoms with Gasteiger partial charge in [-0.1, -0.05) is 94.3 Å². The van der Waals surface area contributed by atoms with Crippen LogP contribution in [-0.4, -0.2) is 0 Å². The first kappa shape index (κ1) is 16.8. The lowest BCUT2D eigenvalue weighted by molar-refractivity contribution is 0.345. The third-order valence-electron chi connectivity index (χ3n) is 5.21. The Morgan fingerprint density at radius 2 is 1.86 bits per heavy atom. The van der Waals surface area contributed by atoms with Crippen molar-refractivity contribution < 1.29 is 0 Å². The van der Waals surface area contributed by atoms with Gasteiger partial charge in [0.1, 0.15) is 0 Å². The molecular formula is C22H30. The predicted molar refractivity (Wildman–Crippen MR) is 98.7 cm³/mol. The van der Waals surface area contributed by atoms with E-state index in [2.05, 4.69) is 83.7 Å². The molecule has 2 rings (SSSR count). The fraction of sp³-hybridized carbons (Fsp3) is 0.455. The summed E-state index contributed by atoms with van der Waals surface area (Å²) in [6.45, 7) is 16.0. The van der Waals surface area contributed by atoms with E-state index in [1.807, 2.05) is 0 Å². The van der Waals surface area contributed by atoms with Crippen LogP contribution in [0.25, 0.3) is 5.57 Å². The molecule has 1 aliphatic rings. The van der Waals surface area contributed by atoms with E-state index in [4.69, 9.17) is 0 Å². The molecule has 0 amide bonds. The number of hydrogen-bond donors (Lipinski definition) is 0. The fourth-order valence-corrected chi connectivity index (χ4v) is 3.68. The zero-order chi connectivity index (χ0) is 16.3. The van der Waals surface area contributed by atoms with E-state index >= 15 is 0 Å². The second kappa shape index (κ2) is 6.69. The molecule has 0 N–H and O–H groups in total. The molecule has 22 heavy (non-hydrogen) atoms. The van der Waals surface area contributed by atoms with Gasteiger partial charge in [0.05, 0.1) is 0 Å². The average molecular weight is 294 g/mol. The highest BCUT2D eigenvalue weighted by Gasteiger charge is 2.31. The lowest BCUT2D eigenvalue weighted by atomic mass is 9.71. The molecule has 0 saturated carbocycles. The molecular weight excluding hydrogens is 264 g/mol. The molecule has 0 nitrogen and oxygen atoms in total. The summed E-state index contributed by atoms with van der Waals surface area (Å²) in [5.74, 6) is 0.970. The topological polar surface area (TPSA) is 0 Å². The Balaban J connectivity index is 2.21. The van der Waals surface area contributed by atoms with Gasteiger partial charge < -0.3 is 0 Å². The van der Waals surface area contributed by atoms with Crippen molar-refractivity contribution in [1.82, 2.24) is 0 Å². The SMILES string of the molecule is C=C(C(C)C1C=C(c2ccccc2)C=C1C)C(C)(C)CCC. The summed E-state index contributed by atoms with van der Waals surface area (Å²) in [5.41, 5.74) is 5.74. The molecule has 0 aliphatic heterocycles. The summed E-state index contributed by atoms with van der Waals surface area (Å²) >= 11 is 0. The standard InChI is InChI=1S/C22H30/c1-7-13-22(5,6)18(4)17(3)21-15-20(14-16(21)2)19-11-9-8-10-12-19/h8-12,14-15,17,21H,4,7,13H2,1-3,5-6H3. The molecule has 0 heteroatoms. The lowest BCUT2D eigenvalue weighted by Crippen LogP contribution is -2.23. The number of rotatable bonds is 6. The van der Waals surface area contributed by atoms with Crippen molar-refractivity contribution in [2.75, 3.05) is 0 Å². The van der Waals surface area contributed by atoms with Crippen LogP contribution in [0.1, 0.15) is 53.0 Å². The van der Waals surface area contributed by atoms with E-state index in [0.29, 0.717) is 11.8 Å². The summed E-state index contributed by atoms with van der Waals surface area (Å²) in [7, 11) is 0. The van der Waals surface area contributed by atoms with Gasteiger partial charge in [-0.15, -0.1) is 0 Å². The van der Waals surface area contributed by atoms with Crippen LogP contribution in [0.15, 0.2) is 60.2 Å². The van der Waals surface area contributed by atoms with Crippen molar-refractivity contribution in [3.8, 4) is 0 Å². The molecule has 1 aromatic rings. The fourth-order valence-electron chi connectivity index (χ4n) is 3.68. The van der Waals surface area contributed by atoms with Crippen LogP contribution in [0.4, 0.5) is 0 Å². The number of benzene rings is 1. The van der Waals surface area contributed by atoms with Crippen molar-refractivity contribution >= 4 is 5.57 Å². The smallest absolute Gasteiger partial charge is 0.00495 e. The Morgan fingerprint density at radius 1 is 1.23 bits per heavy atom. The molecule has 0 bridgehead atoms. The van der Waals surface area contributed by atoms with Crippen LogP contribution in [-0.2, 0) is 0 Å². The van der Waals surface area contributed by atoms with Crippen molar-refractivity contribution in [2.24, 2.45) is 17.3 Å². The molecule has 0 saturated heterocycles. The van der Waals surface area contributed by atoms with Crippen molar-refractivity contribution in [2.45, 2.75) is 47.5 Å². The van der Waals surface area contributed by atoms with Crippen LogP contribution >= 0.6 is 0 Å². The molecule has 2 atom stereocenters. The maximum absolute atomic E-state index is 4.47. The third-order valence-corrected chi connectivity index (χ3v) is 5.21. The summed E-state index contributed by atoms with van der Waals surface area (Å²) in [4.78, 5) is 0. The maximum atomic E-state index is 4.47. The van der Waals surface area contributed by atoms with E-state index in [-0.39, 0.29) is 5.41 Å². The zero-order valence-electron chi connectivity index (χ0n) is 14.8. The van der Waals surface area contributed by atoms with Gasteiger partial charge in [0.15, 0.2) is 0 Å². The van der Waals surface area contributed by atoms with Gasteiger partial charge in [-0.3, -0.25) is 0 Å². The minimum absolute atomic E-state index is 0.220. The molecule has 1 aliphatic carbocycles. The molecule has 2 unspecified atom stereocenters. The van der Waals surface area contributed by atoms with Gasteiger partial charge >= 0.3 is 0 Å². The number of hydrogen-bond acceptors (Lipinski definition) is 0. The quantitative estimate of drug-likeness (QED) is 0.514. The first-order chi connectivity index (χ1) is 10.4. The molecule has 0 heterocycles. The highest BCUT2D eigenvalue weighted by Crippen LogP contribution is 2.43. The van der Waals surface area contributed by atoms with Crippen LogP contribution < -0.4 is 0 Å². The third kappa shape index (κ3) is 3.43. The summed E-state index contributed by atoms with van der Waals surface area (Å²) in [5, 5.41) is 0. The summed E-state index contributed by atoms with van der Waals surface area (Å²) in [6, 6.07) is 10.7. The second-order valence-electron chi connectivity index (χ2n) is 7.35. The van der Waals surface area contributed by atoms with E-state index in [0.717, 1.165) is 0 Å². The molecule has 118 valence electrons. The Kier molecular flexibility index (Phi) is 5.11. The van der Waals surface area contributed by atoms with Gasteiger partial charge in [-0.05, 0) is 35.8 Å². The Morgan fingerprint density at radius 3 is 2.45 bits per heavy atom. The largest absolute Gasteiger partial charge is 0.0990 e. The van der Waals surface area contributed by atoms with Crippen molar-refractivity contribution in [3.63, 3.8) is 0 Å². The van der Waals surface area contributed by atoms with Crippen LogP contribution in [0.5, 0.6) is 0 Å². The van der Waals surface area contributed by atoms with Crippen LogP contribution in [0, 0.1) is 17.3 Å². The minimum atomic E-state index is 0.220. The average Bonchev–Trinajstić information content (AvgIpc) is 2.88. The predicted octanol–water partition coefficient (Wildman–Crippen LogP) is 6.66. The monoisotopic (exact) mass is 294 g/mol. The first-order valence-corrected chi connectivity index (χ1v) is 8.51. The number of allylic oxidation sites excluding steroid dienone is 5. The molecule has 0 spiro atoms. The normalized spacial score (nSPS) is 19.6. The van der Waals surface area contributed by atoms with Gasteiger partial charge in [0, 0.05) is 5.92 Å². The summed E-state index contributed by atoms with van der Waals surface area (Å²) in [6.07, 6.45) is 7.20. The van der Waals surface area contributed by atoms with Crippen LogP contribution in [0.2, 0.25) is 0 Å². The highest BCUT2D eigenvalue weighted by molar-refractivity contribution is 5.78. The second-order valence-corrected chi connectivity index (χ2v) is 7.35. The summed E-state index contributed by atoms with van der Waals surface area (Å²) < 4.78 is 0. The van der Waals surface area contributed by atoms with E-state index in [1.165, 1.54) is 35.1 Å². The van der Waals surface area contributed by atoms with Gasteiger partial charge in [0.2, 0.25) is 0 Å². The van der Waals surface area contributed by atoms with Crippen LogP contribution in [0.3, 0.4) is 0 Å². The van der Waals surface area contributed by atoms with E-state index < -0.39 is 0 Å². The highest BCUT2D eigenvalue weighted by atomic mass is 14.4. The lowest BCUT2D eigenvalue weighted by Gasteiger charge is -2.34. The van der Waals surface area contributed by atoms with E-state index in [9.17, 15) is 0 Å². The minimum Gasteiger partial charge on any atom is -0.0990 e.